The third-order valence-corrected chi connectivity index (χ3v) is 5.70. The molecule has 0 amide bonds. The van der Waals surface area contributed by atoms with Crippen molar-refractivity contribution in [2.45, 2.75) is 46.2 Å². The standard InChI is InChI=1S/C15H25BrN2S/c1-11-9-17-13(15(2,3)4)10-18(11)8-7-12-5-6-14(16)19-12/h5-6,11,13,17H,7-10H2,1-4H3. The fourth-order valence-corrected chi connectivity index (χ4v) is 4.02. The van der Waals surface area contributed by atoms with Crippen LogP contribution in [0, 0.1) is 5.41 Å². The van der Waals surface area contributed by atoms with Gasteiger partial charge < -0.3 is 5.32 Å². The Morgan fingerprint density at radius 2 is 2.16 bits per heavy atom. The van der Waals surface area contributed by atoms with Crippen molar-refractivity contribution in [2.24, 2.45) is 5.41 Å². The first-order valence-corrected chi connectivity index (χ1v) is 8.69. The zero-order chi connectivity index (χ0) is 14.0. The molecule has 1 N–H and O–H groups in total. The van der Waals surface area contributed by atoms with E-state index in [1.165, 1.54) is 15.2 Å². The third kappa shape index (κ3) is 4.28. The fourth-order valence-electron chi connectivity index (χ4n) is 2.55. The molecule has 1 aromatic rings. The first-order valence-electron chi connectivity index (χ1n) is 7.08. The summed E-state index contributed by atoms with van der Waals surface area (Å²) >= 11 is 5.40. The molecule has 2 heterocycles. The smallest absolute Gasteiger partial charge is 0.0701 e. The van der Waals surface area contributed by atoms with E-state index in [2.05, 4.69) is 66.0 Å². The second-order valence-electron chi connectivity index (χ2n) is 6.63. The summed E-state index contributed by atoms with van der Waals surface area (Å²) < 4.78 is 1.24. The van der Waals surface area contributed by atoms with Crippen LogP contribution in [0.1, 0.15) is 32.6 Å². The lowest BCUT2D eigenvalue weighted by Crippen LogP contribution is -2.59. The monoisotopic (exact) mass is 344 g/mol. The van der Waals surface area contributed by atoms with Crippen LogP contribution in [0.2, 0.25) is 0 Å². The maximum absolute atomic E-state index is 3.69. The van der Waals surface area contributed by atoms with Gasteiger partial charge in [-0.05, 0) is 46.8 Å². The number of rotatable bonds is 3. The Labute approximate surface area is 129 Å². The number of nitrogens with one attached hydrogen (secondary N) is 1. The van der Waals surface area contributed by atoms with Crippen LogP contribution in [0.25, 0.3) is 0 Å². The van der Waals surface area contributed by atoms with Crippen LogP contribution in [-0.4, -0.2) is 36.6 Å². The number of thiophene rings is 1. The molecule has 1 saturated heterocycles. The molecule has 1 aliphatic rings. The SMILES string of the molecule is CC1CNC(C(C)(C)C)CN1CCc1ccc(Br)s1. The second-order valence-corrected chi connectivity index (χ2v) is 9.17. The average Bonchev–Trinajstić information content (AvgIpc) is 2.72. The third-order valence-electron chi connectivity index (χ3n) is 4.02. The molecule has 0 aliphatic carbocycles. The van der Waals surface area contributed by atoms with Gasteiger partial charge >= 0.3 is 0 Å². The Kier molecular flexibility index (Phi) is 5.09. The number of hydrogen-bond donors (Lipinski definition) is 1. The molecule has 0 bridgehead atoms. The van der Waals surface area contributed by atoms with Crippen LogP contribution in [-0.2, 0) is 6.42 Å². The molecule has 2 rings (SSSR count). The lowest BCUT2D eigenvalue weighted by molar-refractivity contribution is 0.0950. The second kappa shape index (κ2) is 6.25. The van der Waals surface area contributed by atoms with Gasteiger partial charge in [-0.3, -0.25) is 4.90 Å². The van der Waals surface area contributed by atoms with Gasteiger partial charge in [-0.2, -0.15) is 0 Å². The van der Waals surface area contributed by atoms with Gasteiger partial charge in [-0.15, -0.1) is 11.3 Å². The maximum Gasteiger partial charge on any atom is 0.0701 e. The summed E-state index contributed by atoms with van der Waals surface area (Å²) in [7, 11) is 0. The zero-order valence-corrected chi connectivity index (χ0v) is 14.8. The molecule has 0 radical (unpaired) electrons. The van der Waals surface area contributed by atoms with E-state index in [-0.39, 0.29) is 0 Å². The summed E-state index contributed by atoms with van der Waals surface area (Å²) in [6, 6.07) is 5.63. The molecule has 2 nitrogen and oxygen atoms in total. The molecular formula is C15H25BrN2S. The molecule has 2 unspecified atom stereocenters. The summed E-state index contributed by atoms with van der Waals surface area (Å²) in [5.74, 6) is 0. The first-order chi connectivity index (χ1) is 8.86. The van der Waals surface area contributed by atoms with Crippen LogP contribution < -0.4 is 5.32 Å². The molecule has 4 heteroatoms. The molecule has 0 spiro atoms. The van der Waals surface area contributed by atoms with Crippen LogP contribution in [0.3, 0.4) is 0 Å². The molecule has 0 aromatic carbocycles. The Morgan fingerprint density at radius 1 is 1.42 bits per heavy atom. The van der Waals surface area contributed by atoms with Gasteiger partial charge in [0.2, 0.25) is 0 Å². The predicted molar refractivity (Wildman–Crippen MR) is 88.0 cm³/mol. The highest BCUT2D eigenvalue weighted by molar-refractivity contribution is 9.11. The highest BCUT2D eigenvalue weighted by Crippen LogP contribution is 2.25. The van der Waals surface area contributed by atoms with Crippen molar-refractivity contribution in [1.29, 1.82) is 0 Å². The van der Waals surface area contributed by atoms with E-state index in [1.807, 2.05) is 11.3 Å². The van der Waals surface area contributed by atoms with E-state index in [0.29, 0.717) is 17.5 Å². The number of hydrogen-bond acceptors (Lipinski definition) is 3. The molecular weight excluding hydrogens is 320 g/mol. The number of piperazine rings is 1. The van der Waals surface area contributed by atoms with Crippen molar-refractivity contribution in [3.05, 3.63) is 20.8 Å². The number of halogens is 1. The first kappa shape index (κ1) is 15.5. The molecule has 1 aliphatic heterocycles. The van der Waals surface area contributed by atoms with Crippen LogP contribution >= 0.6 is 27.3 Å². The summed E-state index contributed by atoms with van der Waals surface area (Å²) in [6.45, 7) is 12.8. The van der Waals surface area contributed by atoms with E-state index in [0.717, 1.165) is 19.5 Å². The van der Waals surface area contributed by atoms with Crippen LogP contribution in [0.15, 0.2) is 15.9 Å². The average molecular weight is 345 g/mol. The van der Waals surface area contributed by atoms with Gasteiger partial charge in [-0.25, -0.2) is 0 Å². The summed E-state index contributed by atoms with van der Waals surface area (Å²) in [5.41, 5.74) is 0.338. The maximum atomic E-state index is 3.69. The van der Waals surface area contributed by atoms with E-state index in [1.54, 1.807) is 0 Å². The lowest BCUT2D eigenvalue weighted by atomic mass is 9.85. The summed E-state index contributed by atoms with van der Waals surface area (Å²) in [6.07, 6.45) is 1.16. The van der Waals surface area contributed by atoms with Crippen molar-refractivity contribution in [3.8, 4) is 0 Å². The van der Waals surface area contributed by atoms with Gasteiger partial charge in [0.1, 0.15) is 0 Å². The molecule has 1 aromatic heterocycles. The topological polar surface area (TPSA) is 15.3 Å². The Bertz CT molecular complexity index is 411. The zero-order valence-electron chi connectivity index (χ0n) is 12.4. The van der Waals surface area contributed by atoms with Crippen molar-refractivity contribution in [2.75, 3.05) is 19.6 Å². The van der Waals surface area contributed by atoms with Crippen LogP contribution in [0.4, 0.5) is 0 Å². The van der Waals surface area contributed by atoms with Gasteiger partial charge in [0.15, 0.2) is 0 Å². The van der Waals surface area contributed by atoms with Gasteiger partial charge in [0.25, 0.3) is 0 Å². The highest BCUT2D eigenvalue weighted by Gasteiger charge is 2.31. The van der Waals surface area contributed by atoms with Crippen LogP contribution in [0.5, 0.6) is 0 Å². The molecule has 108 valence electrons. The summed E-state index contributed by atoms with van der Waals surface area (Å²) in [5, 5.41) is 3.69. The Morgan fingerprint density at radius 3 is 2.74 bits per heavy atom. The van der Waals surface area contributed by atoms with E-state index in [4.69, 9.17) is 0 Å². The molecule has 2 atom stereocenters. The highest BCUT2D eigenvalue weighted by atomic mass is 79.9. The lowest BCUT2D eigenvalue weighted by Gasteiger charge is -2.44. The van der Waals surface area contributed by atoms with E-state index in [9.17, 15) is 0 Å². The Hall–Kier alpha value is 0.1000. The number of nitrogens with zero attached hydrogens (tertiary/aromatic N) is 1. The van der Waals surface area contributed by atoms with E-state index < -0.39 is 0 Å². The molecule has 1 fully saturated rings. The van der Waals surface area contributed by atoms with Crippen molar-refractivity contribution >= 4 is 27.3 Å². The van der Waals surface area contributed by atoms with Gasteiger partial charge in [0.05, 0.1) is 3.79 Å². The minimum atomic E-state index is 0.338. The van der Waals surface area contributed by atoms with Crippen molar-refractivity contribution in [3.63, 3.8) is 0 Å². The molecule has 0 saturated carbocycles. The largest absolute Gasteiger partial charge is 0.311 e. The fraction of sp³-hybridized carbons (Fsp3) is 0.733. The van der Waals surface area contributed by atoms with Crippen molar-refractivity contribution in [1.82, 2.24) is 10.2 Å². The Balaban J connectivity index is 1.90. The minimum Gasteiger partial charge on any atom is -0.311 e. The predicted octanol–water partition coefficient (Wildman–Crippen LogP) is 3.76. The normalized spacial score (nSPS) is 25.7. The quantitative estimate of drug-likeness (QED) is 0.897. The minimum absolute atomic E-state index is 0.338. The molecule has 19 heavy (non-hydrogen) atoms. The van der Waals surface area contributed by atoms with Gasteiger partial charge in [-0.1, -0.05) is 20.8 Å². The van der Waals surface area contributed by atoms with Crippen molar-refractivity contribution < 1.29 is 0 Å². The van der Waals surface area contributed by atoms with E-state index >= 15 is 0 Å². The van der Waals surface area contributed by atoms with Gasteiger partial charge in [0, 0.05) is 36.6 Å². The summed E-state index contributed by atoms with van der Waals surface area (Å²) in [4.78, 5) is 4.12.